The van der Waals surface area contributed by atoms with Gasteiger partial charge in [-0.25, -0.2) is 0 Å². The van der Waals surface area contributed by atoms with Crippen LogP contribution >= 0.6 is 0 Å². The summed E-state index contributed by atoms with van der Waals surface area (Å²) < 4.78 is 39.7. The van der Waals surface area contributed by atoms with Crippen LogP contribution in [0.3, 0.4) is 0 Å². The summed E-state index contributed by atoms with van der Waals surface area (Å²) in [5.74, 6) is -0.443. The van der Waals surface area contributed by atoms with E-state index in [1.807, 2.05) is 30.3 Å². The number of benzene rings is 2. The van der Waals surface area contributed by atoms with E-state index >= 15 is 0 Å². The molecule has 0 aliphatic rings. The predicted molar refractivity (Wildman–Crippen MR) is 89.2 cm³/mol. The van der Waals surface area contributed by atoms with Crippen molar-refractivity contribution in [3.05, 3.63) is 59.7 Å². The van der Waals surface area contributed by atoms with Crippen LogP contribution in [0.2, 0.25) is 0 Å². The van der Waals surface area contributed by atoms with Crippen molar-refractivity contribution < 1.29 is 18.0 Å². The second-order valence-electron chi connectivity index (χ2n) is 5.66. The summed E-state index contributed by atoms with van der Waals surface area (Å²) in [7, 11) is 3.32. The van der Waals surface area contributed by atoms with Gasteiger partial charge >= 0.3 is 6.18 Å². The van der Waals surface area contributed by atoms with Crippen molar-refractivity contribution in [3.63, 3.8) is 0 Å². The van der Waals surface area contributed by atoms with Crippen molar-refractivity contribution in [1.82, 2.24) is 0 Å². The molecule has 2 aromatic carbocycles. The highest BCUT2D eigenvalue weighted by Crippen LogP contribution is 2.37. The maximum atomic E-state index is 13.2. The standard InChI is InChI=1S/C18H19F3N2O/c1-23(2)14-9-10-16(15(12-14)18(19,20)21)22-17(24)11-8-13-6-4-3-5-7-13/h3-7,9-10,12H,8,11H2,1-2H3,(H,22,24). The molecular formula is C18H19F3N2O. The van der Waals surface area contributed by atoms with Crippen LogP contribution in [0.15, 0.2) is 48.5 Å². The molecule has 0 aliphatic heterocycles. The lowest BCUT2D eigenvalue weighted by atomic mass is 10.1. The third-order valence-corrected chi connectivity index (χ3v) is 3.58. The molecule has 0 saturated carbocycles. The smallest absolute Gasteiger partial charge is 0.378 e. The van der Waals surface area contributed by atoms with Crippen LogP contribution in [-0.2, 0) is 17.4 Å². The Balaban J connectivity index is 2.12. The van der Waals surface area contributed by atoms with E-state index < -0.39 is 17.6 Å². The zero-order valence-corrected chi connectivity index (χ0v) is 13.5. The van der Waals surface area contributed by atoms with E-state index in [0.29, 0.717) is 12.1 Å². The van der Waals surface area contributed by atoms with E-state index in [0.717, 1.165) is 11.6 Å². The highest BCUT2D eigenvalue weighted by Gasteiger charge is 2.34. The Morgan fingerprint density at radius 3 is 2.33 bits per heavy atom. The fourth-order valence-corrected chi connectivity index (χ4v) is 2.27. The Bertz CT molecular complexity index is 697. The van der Waals surface area contributed by atoms with Crippen LogP contribution in [-0.4, -0.2) is 20.0 Å². The maximum Gasteiger partial charge on any atom is 0.418 e. The minimum absolute atomic E-state index is 0.122. The fraction of sp³-hybridized carbons (Fsp3) is 0.278. The predicted octanol–water partition coefficient (Wildman–Crippen LogP) is 4.34. The molecule has 0 radical (unpaired) electrons. The van der Waals surface area contributed by atoms with E-state index in [1.54, 1.807) is 25.1 Å². The first-order valence-corrected chi connectivity index (χ1v) is 7.49. The first-order valence-electron chi connectivity index (χ1n) is 7.49. The Morgan fingerprint density at radius 1 is 1.08 bits per heavy atom. The molecule has 0 aromatic heterocycles. The summed E-state index contributed by atoms with van der Waals surface area (Å²) >= 11 is 0. The van der Waals surface area contributed by atoms with Gasteiger partial charge in [-0.05, 0) is 30.2 Å². The number of halogens is 3. The van der Waals surface area contributed by atoms with E-state index in [2.05, 4.69) is 5.32 Å². The van der Waals surface area contributed by atoms with Crippen LogP contribution in [0.1, 0.15) is 17.5 Å². The van der Waals surface area contributed by atoms with Crippen LogP contribution in [0, 0.1) is 0 Å². The molecule has 24 heavy (non-hydrogen) atoms. The third-order valence-electron chi connectivity index (χ3n) is 3.58. The topological polar surface area (TPSA) is 32.3 Å². The summed E-state index contributed by atoms with van der Waals surface area (Å²) in [6, 6.07) is 13.2. The van der Waals surface area contributed by atoms with Gasteiger partial charge in [0.05, 0.1) is 11.3 Å². The van der Waals surface area contributed by atoms with Gasteiger partial charge in [-0.3, -0.25) is 4.79 Å². The van der Waals surface area contributed by atoms with Gasteiger partial charge in [0.1, 0.15) is 0 Å². The second kappa shape index (κ2) is 7.38. The lowest BCUT2D eigenvalue weighted by Crippen LogP contribution is -2.18. The number of nitrogens with one attached hydrogen (secondary N) is 1. The van der Waals surface area contributed by atoms with Gasteiger partial charge in [0.25, 0.3) is 0 Å². The SMILES string of the molecule is CN(C)c1ccc(NC(=O)CCc2ccccc2)c(C(F)(F)F)c1. The molecule has 3 nitrogen and oxygen atoms in total. The molecule has 0 unspecified atom stereocenters. The number of amides is 1. The van der Waals surface area contributed by atoms with Gasteiger partial charge < -0.3 is 10.2 Å². The van der Waals surface area contributed by atoms with E-state index in [4.69, 9.17) is 0 Å². The lowest BCUT2D eigenvalue weighted by Gasteiger charge is -2.18. The van der Waals surface area contributed by atoms with Crippen molar-refractivity contribution in [2.24, 2.45) is 0 Å². The van der Waals surface area contributed by atoms with E-state index in [9.17, 15) is 18.0 Å². The average molecular weight is 336 g/mol. The molecule has 1 amide bonds. The Hall–Kier alpha value is -2.50. The Morgan fingerprint density at radius 2 is 1.75 bits per heavy atom. The average Bonchev–Trinajstić information content (AvgIpc) is 2.53. The van der Waals surface area contributed by atoms with Crippen molar-refractivity contribution >= 4 is 17.3 Å². The Kier molecular flexibility index (Phi) is 5.49. The molecule has 1 N–H and O–H groups in total. The normalized spacial score (nSPS) is 11.2. The maximum absolute atomic E-state index is 13.2. The van der Waals surface area contributed by atoms with Crippen molar-refractivity contribution in [2.45, 2.75) is 19.0 Å². The molecule has 0 aliphatic carbocycles. The van der Waals surface area contributed by atoms with Crippen LogP contribution in [0.4, 0.5) is 24.5 Å². The first-order chi connectivity index (χ1) is 11.3. The highest BCUT2D eigenvalue weighted by molar-refractivity contribution is 5.92. The summed E-state index contributed by atoms with van der Waals surface area (Å²) in [6.45, 7) is 0. The first kappa shape index (κ1) is 17.8. The summed E-state index contributed by atoms with van der Waals surface area (Å²) in [4.78, 5) is 13.6. The van der Waals surface area contributed by atoms with Gasteiger partial charge in [-0.15, -0.1) is 0 Å². The van der Waals surface area contributed by atoms with E-state index in [-0.39, 0.29) is 12.1 Å². The van der Waals surface area contributed by atoms with Gasteiger partial charge in [-0.2, -0.15) is 13.2 Å². The number of rotatable bonds is 5. The number of hydrogen-bond acceptors (Lipinski definition) is 2. The van der Waals surface area contributed by atoms with Gasteiger partial charge in [-0.1, -0.05) is 30.3 Å². The number of nitrogens with zero attached hydrogens (tertiary/aromatic N) is 1. The van der Waals surface area contributed by atoms with Gasteiger partial charge in [0.2, 0.25) is 5.91 Å². The van der Waals surface area contributed by atoms with Crippen LogP contribution in [0.5, 0.6) is 0 Å². The summed E-state index contributed by atoms with van der Waals surface area (Å²) in [5, 5.41) is 2.38. The molecule has 0 spiro atoms. The van der Waals surface area contributed by atoms with Crippen molar-refractivity contribution in [3.8, 4) is 0 Å². The number of hydrogen-bond donors (Lipinski definition) is 1. The number of alkyl halides is 3. The molecule has 2 aromatic rings. The number of aryl methyl sites for hydroxylation is 1. The molecular weight excluding hydrogens is 317 g/mol. The molecule has 128 valence electrons. The lowest BCUT2D eigenvalue weighted by molar-refractivity contribution is -0.136. The molecule has 6 heteroatoms. The number of anilines is 2. The van der Waals surface area contributed by atoms with Gasteiger partial charge in [0, 0.05) is 26.2 Å². The largest absolute Gasteiger partial charge is 0.418 e. The van der Waals surface area contributed by atoms with Crippen LogP contribution in [0.25, 0.3) is 0 Å². The molecule has 0 atom stereocenters. The minimum Gasteiger partial charge on any atom is -0.378 e. The summed E-state index contributed by atoms with van der Waals surface area (Å²) in [6.07, 6.45) is -3.94. The number of carbonyl (C=O) groups is 1. The zero-order chi connectivity index (χ0) is 17.7. The monoisotopic (exact) mass is 336 g/mol. The van der Waals surface area contributed by atoms with Gasteiger partial charge in [0.15, 0.2) is 0 Å². The number of carbonyl (C=O) groups excluding carboxylic acids is 1. The Labute approximate surface area is 139 Å². The zero-order valence-electron chi connectivity index (χ0n) is 13.5. The van der Waals surface area contributed by atoms with Crippen molar-refractivity contribution in [2.75, 3.05) is 24.3 Å². The minimum atomic E-state index is -4.53. The van der Waals surface area contributed by atoms with E-state index in [1.165, 1.54) is 6.07 Å². The highest BCUT2D eigenvalue weighted by atomic mass is 19.4. The van der Waals surface area contributed by atoms with Crippen LogP contribution < -0.4 is 10.2 Å². The molecule has 0 heterocycles. The van der Waals surface area contributed by atoms with Crippen molar-refractivity contribution in [1.29, 1.82) is 0 Å². The molecule has 0 fully saturated rings. The molecule has 0 saturated heterocycles. The fourth-order valence-electron chi connectivity index (χ4n) is 2.27. The second-order valence-corrected chi connectivity index (χ2v) is 5.66. The summed E-state index contributed by atoms with van der Waals surface area (Å²) in [5.41, 5.74) is 0.323. The quantitative estimate of drug-likeness (QED) is 0.881. The molecule has 2 rings (SSSR count). The third kappa shape index (κ3) is 4.75. The molecule has 0 bridgehead atoms.